The molecule has 2 rings (SSSR count). The van der Waals surface area contributed by atoms with Gasteiger partial charge in [-0.3, -0.25) is 4.79 Å². The van der Waals surface area contributed by atoms with Crippen molar-refractivity contribution in [3.63, 3.8) is 0 Å². The van der Waals surface area contributed by atoms with Crippen LogP contribution in [-0.2, 0) is 4.79 Å². The Morgan fingerprint density at radius 3 is 2.04 bits per heavy atom. The molecule has 0 heterocycles. The van der Waals surface area contributed by atoms with E-state index in [-0.39, 0.29) is 0 Å². The van der Waals surface area contributed by atoms with Gasteiger partial charge in [0, 0.05) is 5.75 Å². The highest BCUT2D eigenvalue weighted by molar-refractivity contribution is 7.99. The first-order valence-electron chi connectivity index (χ1n) is 8.71. The number of benzene rings is 2. The second kappa shape index (κ2) is 9.80. The van der Waals surface area contributed by atoms with E-state index in [1.807, 2.05) is 0 Å². The summed E-state index contributed by atoms with van der Waals surface area (Å²) in [6, 6.07) is 22.2. The maximum absolute atomic E-state index is 10.7. The highest BCUT2D eigenvalue weighted by Gasteiger charge is 2.30. The van der Waals surface area contributed by atoms with E-state index in [1.165, 1.54) is 16.4 Å². The van der Waals surface area contributed by atoms with Gasteiger partial charge in [0.25, 0.3) is 0 Å². The summed E-state index contributed by atoms with van der Waals surface area (Å²) in [6.07, 6.45) is 2.25. The predicted molar refractivity (Wildman–Crippen MR) is 111 cm³/mol. The lowest BCUT2D eigenvalue weighted by Gasteiger charge is -2.29. The van der Waals surface area contributed by atoms with Crippen LogP contribution in [0.4, 0.5) is 0 Å². The third-order valence-corrected chi connectivity index (χ3v) is 10.4. The molecule has 0 unspecified atom stereocenters. The Kier molecular flexibility index (Phi) is 7.74. The second-order valence-electron chi connectivity index (χ2n) is 6.54. The number of rotatable bonds is 10. The van der Waals surface area contributed by atoms with Crippen LogP contribution >= 0.6 is 11.8 Å². The lowest BCUT2D eigenvalue weighted by molar-refractivity contribution is -0.137. The second-order valence-corrected chi connectivity index (χ2v) is 12.0. The van der Waals surface area contributed by atoms with Crippen LogP contribution in [0.5, 0.6) is 0 Å². The highest BCUT2D eigenvalue weighted by atomic mass is 32.2. The monoisotopic (exact) mass is 373 g/mol. The minimum Gasteiger partial charge on any atom is -0.480 e. The number of carboxylic acids is 1. The van der Waals surface area contributed by atoms with E-state index < -0.39 is 20.1 Å². The van der Waals surface area contributed by atoms with Crippen LogP contribution in [0.3, 0.4) is 0 Å². The lowest BCUT2D eigenvalue weighted by Crippen LogP contribution is -2.55. The van der Waals surface area contributed by atoms with Crippen molar-refractivity contribution in [2.75, 3.05) is 11.5 Å². The quantitative estimate of drug-likeness (QED) is 0.496. The maximum atomic E-state index is 10.7. The number of nitrogens with two attached hydrogens (primary N) is 1. The molecule has 0 saturated carbocycles. The fourth-order valence-corrected chi connectivity index (χ4v) is 7.73. The van der Waals surface area contributed by atoms with E-state index in [9.17, 15) is 4.79 Å². The minimum atomic E-state index is -1.73. The van der Waals surface area contributed by atoms with E-state index in [4.69, 9.17) is 10.8 Å². The number of unbranched alkanes of at least 4 members (excludes halogenated alkanes) is 1. The molecule has 0 aromatic heterocycles. The number of thioether (sulfide) groups is 1. The van der Waals surface area contributed by atoms with Gasteiger partial charge in [-0.05, 0) is 18.2 Å². The highest BCUT2D eigenvalue weighted by Crippen LogP contribution is 2.17. The third kappa shape index (κ3) is 5.73. The minimum absolute atomic E-state index is 0.488. The molecule has 2 aromatic carbocycles. The number of hydrogen-bond donors (Lipinski definition) is 2. The maximum Gasteiger partial charge on any atom is 0.321 e. The van der Waals surface area contributed by atoms with Crippen molar-refractivity contribution in [1.82, 2.24) is 0 Å². The zero-order valence-electron chi connectivity index (χ0n) is 14.7. The first-order chi connectivity index (χ1) is 12.0. The topological polar surface area (TPSA) is 63.3 Å². The van der Waals surface area contributed by atoms with Gasteiger partial charge in [0.2, 0.25) is 0 Å². The van der Waals surface area contributed by atoms with Crippen LogP contribution in [0.1, 0.15) is 12.8 Å². The van der Waals surface area contributed by atoms with Gasteiger partial charge >= 0.3 is 5.97 Å². The molecule has 3 nitrogen and oxygen atoms in total. The standard InChI is InChI=1S/C20H27NO2SSi/c1-25(17-10-4-2-5-11-17,18-12-6-3-7-13-18)15-9-8-14-24-16-19(21)20(22)23/h2-7,10-13,19H,8-9,14-16,21H2,1H3,(H,22,23)/t19-/m0/s1. The van der Waals surface area contributed by atoms with Gasteiger partial charge in [0.05, 0.1) is 0 Å². The van der Waals surface area contributed by atoms with Crippen molar-refractivity contribution in [1.29, 1.82) is 0 Å². The average molecular weight is 374 g/mol. The van der Waals surface area contributed by atoms with E-state index in [0.717, 1.165) is 18.6 Å². The zero-order valence-corrected chi connectivity index (χ0v) is 16.5. The molecule has 0 aliphatic rings. The molecule has 5 heteroatoms. The molecular weight excluding hydrogens is 346 g/mol. The third-order valence-electron chi connectivity index (χ3n) is 4.65. The molecule has 25 heavy (non-hydrogen) atoms. The molecule has 0 radical (unpaired) electrons. The SMILES string of the molecule is C[Si](CCCCSC[C@H](N)C(=O)O)(c1ccccc1)c1ccccc1. The van der Waals surface area contributed by atoms with Crippen molar-refractivity contribution in [3.05, 3.63) is 60.7 Å². The Bertz CT molecular complexity index is 612. The summed E-state index contributed by atoms with van der Waals surface area (Å²) >= 11 is 1.64. The Balaban J connectivity index is 1.93. The molecule has 2 aromatic rings. The Hall–Kier alpha value is -1.56. The Morgan fingerprint density at radius 1 is 1.04 bits per heavy atom. The van der Waals surface area contributed by atoms with Gasteiger partial charge in [-0.25, -0.2) is 0 Å². The summed E-state index contributed by atoms with van der Waals surface area (Å²) in [5, 5.41) is 11.8. The molecule has 3 N–H and O–H groups in total. The number of hydrogen-bond acceptors (Lipinski definition) is 3. The molecule has 1 atom stereocenters. The Labute approximate surface area is 155 Å². The molecule has 0 spiro atoms. The number of carboxylic acid groups (broad SMARTS) is 1. The smallest absolute Gasteiger partial charge is 0.321 e. The van der Waals surface area contributed by atoms with Crippen molar-refractivity contribution in [2.24, 2.45) is 5.73 Å². The van der Waals surface area contributed by atoms with Crippen LogP contribution in [0.25, 0.3) is 0 Å². The summed E-state index contributed by atoms with van der Waals surface area (Å²) in [5.74, 6) is 0.539. The van der Waals surface area contributed by atoms with Crippen LogP contribution < -0.4 is 16.1 Å². The predicted octanol–water partition coefficient (Wildman–Crippen LogP) is 2.80. The summed E-state index contributed by atoms with van der Waals surface area (Å²) in [4.78, 5) is 10.7. The van der Waals surface area contributed by atoms with Gasteiger partial charge < -0.3 is 10.8 Å². The van der Waals surface area contributed by atoms with Crippen LogP contribution in [0.15, 0.2) is 60.7 Å². The van der Waals surface area contributed by atoms with Gasteiger partial charge in [0.1, 0.15) is 14.1 Å². The molecule has 134 valence electrons. The summed E-state index contributed by atoms with van der Waals surface area (Å²) in [6.45, 7) is 2.45. The lowest BCUT2D eigenvalue weighted by atomic mass is 10.4. The van der Waals surface area contributed by atoms with Gasteiger partial charge in [-0.15, -0.1) is 0 Å². The molecule has 0 amide bonds. The molecule has 0 aliphatic heterocycles. The average Bonchev–Trinajstić information content (AvgIpc) is 2.65. The molecule has 0 aliphatic carbocycles. The van der Waals surface area contributed by atoms with E-state index in [0.29, 0.717) is 5.75 Å². The normalized spacial score (nSPS) is 12.7. The van der Waals surface area contributed by atoms with Crippen molar-refractivity contribution < 1.29 is 9.90 Å². The van der Waals surface area contributed by atoms with E-state index in [1.54, 1.807) is 11.8 Å². The van der Waals surface area contributed by atoms with E-state index >= 15 is 0 Å². The summed E-state index contributed by atoms with van der Waals surface area (Å²) < 4.78 is 0. The first kappa shape index (κ1) is 19.8. The van der Waals surface area contributed by atoms with Crippen LogP contribution in [0.2, 0.25) is 12.6 Å². The van der Waals surface area contributed by atoms with Gasteiger partial charge in [0.15, 0.2) is 0 Å². The van der Waals surface area contributed by atoms with Gasteiger partial charge in [-0.2, -0.15) is 11.8 Å². The number of carbonyl (C=O) groups is 1. The van der Waals surface area contributed by atoms with Crippen LogP contribution in [-0.4, -0.2) is 36.7 Å². The van der Waals surface area contributed by atoms with E-state index in [2.05, 4.69) is 67.2 Å². The summed E-state index contributed by atoms with van der Waals surface area (Å²) in [7, 11) is -1.73. The molecular formula is C20H27NO2SSi. The largest absolute Gasteiger partial charge is 0.480 e. The first-order valence-corrected chi connectivity index (χ1v) is 12.6. The van der Waals surface area contributed by atoms with Crippen LogP contribution in [0, 0.1) is 0 Å². The Morgan fingerprint density at radius 2 is 1.56 bits per heavy atom. The fourth-order valence-electron chi connectivity index (χ4n) is 3.03. The van der Waals surface area contributed by atoms with Crippen molar-refractivity contribution in [3.8, 4) is 0 Å². The fraction of sp³-hybridized carbons (Fsp3) is 0.350. The van der Waals surface area contributed by atoms with Crippen molar-refractivity contribution in [2.45, 2.75) is 31.5 Å². The molecule has 0 fully saturated rings. The van der Waals surface area contributed by atoms with Crippen molar-refractivity contribution >= 4 is 36.2 Å². The molecule has 0 saturated heterocycles. The summed E-state index contributed by atoms with van der Waals surface area (Å²) in [5.41, 5.74) is 5.54. The number of aliphatic carboxylic acids is 1. The molecule has 0 bridgehead atoms. The zero-order chi connectivity index (χ0) is 18.1. The van der Waals surface area contributed by atoms with Gasteiger partial charge in [-0.1, -0.05) is 84.0 Å².